The van der Waals surface area contributed by atoms with Gasteiger partial charge < -0.3 is 29.5 Å². The average Bonchev–Trinajstić information content (AvgIpc) is 3.78. The van der Waals surface area contributed by atoms with E-state index in [0.29, 0.717) is 75.8 Å². The van der Waals surface area contributed by atoms with Crippen LogP contribution in [-0.4, -0.2) is 107 Å². The zero-order chi connectivity index (χ0) is 29.5. The van der Waals surface area contributed by atoms with Crippen LogP contribution in [0.1, 0.15) is 32.1 Å². The summed E-state index contributed by atoms with van der Waals surface area (Å²) in [6.45, 7) is 2.65. The van der Waals surface area contributed by atoms with Crippen molar-refractivity contribution in [3.63, 3.8) is 0 Å². The molecule has 6 rings (SSSR count). The number of fused-ring (bicyclic) bond motifs is 1. The number of hydrogen-bond donors (Lipinski definition) is 2. The Kier molecular flexibility index (Phi) is 8.13. The number of anilines is 1. The van der Waals surface area contributed by atoms with E-state index in [-0.39, 0.29) is 34.2 Å². The van der Waals surface area contributed by atoms with Crippen molar-refractivity contribution in [3.05, 3.63) is 36.5 Å². The van der Waals surface area contributed by atoms with Gasteiger partial charge in [0.05, 0.1) is 28.9 Å². The van der Waals surface area contributed by atoms with E-state index in [1.54, 1.807) is 24.3 Å². The molecule has 4 aliphatic rings. The molecule has 3 fully saturated rings. The van der Waals surface area contributed by atoms with Crippen LogP contribution >= 0.6 is 0 Å². The highest BCUT2D eigenvalue weighted by Gasteiger charge is 2.45. The predicted molar refractivity (Wildman–Crippen MR) is 154 cm³/mol. The van der Waals surface area contributed by atoms with Crippen molar-refractivity contribution < 1.29 is 36.2 Å². The zero-order valence-corrected chi connectivity index (χ0v) is 25.3. The molecule has 0 amide bonds. The van der Waals surface area contributed by atoms with E-state index in [1.165, 1.54) is 16.6 Å². The molecule has 2 atom stereocenters. The SMILES string of the molecule is CN1CCOc2cc(S(=O)(=O)N3CCC4(CC3)CC(NCC(O)COc3cccc(S(=O)(=O)C5CC5)c3)CO4)cnc21. The first kappa shape index (κ1) is 29.6. The Morgan fingerprint density at radius 3 is 2.69 bits per heavy atom. The molecule has 1 aromatic heterocycles. The Balaban J connectivity index is 0.966. The monoisotopic (exact) mass is 622 g/mol. The van der Waals surface area contributed by atoms with Crippen LogP contribution in [0.15, 0.2) is 46.3 Å². The van der Waals surface area contributed by atoms with Crippen LogP contribution in [0.3, 0.4) is 0 Å². The van der Waals surface area contributed by atoms with E-state index >= 15 is 0 Å². The summed E-state index contributed by atoms with van der Waals surface area (Å²) in [5.41, 5.74) is -0.404. The molecule has 12 nitrogen and oxygen atoms in total. The van der Waals surface area contributed by atoms with Crippen molar-refractivity contribution in [2.24, 2.45) is 0 Å². The smallest absolute Gasteiger partial charge is 0.244 e. The summed E-state index contributed by atoms with van der Waals surface area (Å²) < 4.78 is 70.7. The van der Waals surface area contributed by atoms with Crippen molar-refractivity contribution >= 4 is 25.7 Å². The van der Waals surface area contributed by atoms with Gasteiger partial charge in [0.2, 0.25) is 10.0 Å². The molecular formula is C28H38N4O8S2. The topological polar surface area (TPSA) is 148 Å². The highest BCUT2D eigenvalue weighted by molar-refractivity contribution is 7.92. The molecule has 4 heterocycles. The molecular weight excluding hydrogens is 584 g/mol. The van der Waals surface area contributed by atoms with Gasteiger partial charge in [0.25, 0.3) is 0 Å². The third-order valence-electron chi connectivity index (χ3n) is 8.52. The van der Waals surface area contributed by atoms with Crippen LogP contribution in [0.25, 0.3) is 0 Å². The van der Waals surface area contributed by atoms with Crippen molar-refractivity contribution in [1.29, 1.82) is 0 Å². The third kappa shape index (κ3) is 6.10. The summed E-state index contributed by atoms with van der Waals surface area (Å²) in [5.74, 6) is 1.53. The number of aromatic nitrogens is 1. The zero-order valence-electron chi connectivity index (χ0n) is 23.6. The second kappa shape index (κ2) is 11.5. The van der Waals surface area contributed by atoms with E-state index < -0.39 is 31.6 Å². The molecule has 3 aliphatic heterocycles. The minimum atomic E-state index is -3.71. The maximum Gasteiger partial charge on any atom is 0.244 e. The standard InChI is InChI=1S/C28H38N4O8S2/c1-31-11-12-38-26-14-25(17-30-27(26)31)42(36,37)32-9-7-28(8-10-32)15-20(18-40-28)29-16-21(33)19-39-22-3-2-4-24(13-22)41(34,35)23-5-6-23/h2-4,13-14,17,20-21,23,29,33H,5-12,15-16,18-19H2,1H3. The number of aliphatic hydroxyl groups excluding tert-OH is 1. The summed E-state index contributed by atoms with van der Waals surface area (Å²) >= 11 is 0. The molecule has 0 radical (unpaired) electrons. The summed E-state index contributed by atoms with van der Waals surface area (Å²) in [4.78, 5) is 6.66. The molecule has 2 saturated heterocycles. The van der Waals surface area contributed by atoms with Gasteiger partial charge in [-0.15, -0.1) is 0 Å². The highest BCUT2D eigenvalue weighted by atomic mass is 32.2. The number of pyridine rings is 1. The maximum atomic E-state index is 13.4. The predicted octanol–water partition coefficient (Wildman–Crippen LogP) is 1.19. The van der Waals surface area contributed by atoms with E-state index in [4.69, 9.17) is 14.2 Å². The second-order valence-corrected chi connectivity index (χ2v) is 15.8. The van der Waals surface area contributed by atoms with Crippen LogP contribution in [0.4, 0.5) is 5.82 Å². The van der Waals surface area contributed by atoms with Gasteiger partial charge in [-0.25, -0.2) is 21.8 Å². The van der Waals surface area contributed by atoms with Gasteiger partial charge in [0.1, 0.15) is 30.0 Å². The fourth-order valence-electron chi connectivity index (χ4n) is 5.82. The van der Waals surface area contributed by atoms with Crippen LogP contribution in [0.5, 0.6) is 11.5 Å². The lowest BCUT2D eigenvalue weighted by Gasteiger charge is -2.38. The summed E-state index contributed by atoms with van der Waals surface area (Å²) in [6.07, 6.45) is 3.87. The normalized spacial score (nSPS) is 23.4. The third-order valence-corrected chi connectivity index (χ3v) is 12.6. The number of hydrogen-bond acceptors (Lipinski definition) is 11. The molecule has 14 heteroatoms. The van der Waals surface area contributed by atoms with Crippen molar-refractivity contribution in [1.82, 2.24) is 14.6 Å². The number of aliphatic hydroxyl groups is 1. The molecule has 1 aliphatic carbocycles. The Hall–Kier alpha value is -2.49. The number of rotatable bonds is 10. The van der Waals surface area contributed by atoms with Gasteiger partial charge in [-0.2, -0.15) is 4.31 Å². The lowest BCUT2D eigenvalue weighted by atomic mass is 9.88. The molecule has 2 unspecified atom stereocenters. The van der Waals surface area contributed by atoms with Crippen LogP contribution in [0, 0.1) is 0 Å². The summed E-state index contributed by atoms with van der Waals surface area (Å²) in [5, 5.41) is 13.5. The summed E-state index contributed by atoms with van der Waals surface area (Å²) in [7, 11) is -5.12. The van der Waals surface area contributed by atoms with E-state index in [9.17, 15) is 21.9 Å². The molecule has 1 saturated carbocycles. The van der Waals surface area contributed by atoms with Crippen LogP contribution < -0.4 is 19.7 Å². The number of sulfone groups is 1. The molecule has 2 N–H and O–H groups in total. The second-order valence-electron chi connectivity index (χ2n) is 11.7. The lowest BCUT2D eigenvalue weighted by Crippen LogP contribution is -2.47. The van der Waals surface area contributed by atoms with E-state index in [0.717, 1.165) is 6.42 Å². The molecule has 230 valence electrons. The summed E-state index contributed by atoms with van der Waals surface area (Å²) in [6, 6.07) is 8.01. The first-order chi connectivity index (χ1) is 20.1. The van der Waals surface area contributed by atoms with Crippen molar-refractivity contribution in [3.8, 4) is 11.5 Å². The molecule has 42 heavy (non-hydrogen) atoms. The Labute approximate surface area is 246 Å². The maximum absolute atomic E-state index is 13.4. The number of ether oxygens (including phenoxy) is 3. The number of benzene rings is 1. The number of nitrogens with one attached hydrogen (secondary N) is 1. The molecule has 0 bridgehead atoms. The number of nitrogens with zero attached hydrogens (tertiary/aromatic N) is 3. The molecule has 1 spiro atoms. The number of sulfonamides is 1. The van der Waals surface area contributed by atoms with Crippen LogP contribution in [-0.2, 0) is 24.6 Å². The van der Waals surface area contributed by atoms with Gasteiger partial charge in [-0.3, -0.25) is 0 Å². The van der Waals surface area contributed by atoms with Gasteiger partial charge in [0.15, 0.2) is 21.4 Å². The van der Waals surface area contributed by atoms with Crippen molar-refractivity contribution in [2.45, 2.75) is 64.9 Å². The quantitative estimate of drug-likeness (QED) is 0.394. The number of likely N-dealkylation sites (N-methyl/N-ethyl adjacent to an activating group) is 1. The van der Waals surface area contributed by atoms with Crippen molar-refractivity contribution in [2.75, 3.05) is 57.9 Å². The van der Waals surface area contributed by atoms with Crippen LogP contribution in [0.2, 0.25) is 0 Å². The Morgan fingerprint density at radius 2 is 1.93 bits per heavy atom. The minimum absolute atomic E-state index is 0.0182. The first-order valence-electron chi connectivity index (χ1n) is 14.4. The van der Waals surface area contributed by atoms with Gasteiger partial charge in [-0.05, 0) is 50.3 Å². The Morgan fingerprint density at radius 1 is 1.14 bits per heavy atom. The lowest BCUT2D eigenvalue weighted by molar-refractivity contribution is -0.0312. The van der Waals surface area contributed by atoms with E-state index in [1.807, 2.05) is 11.9 Å². The van der Waals surface area contributed by atoms with Gasteiger partial charge in [0, 0.05) is 45.0 Å². The largest absolute Gasteiger partial charge is 0.491 e. The Bertz CT molecular complexity index is 1510. The highest BCUT2D eigenvalue weighted by Crippen LogP contribution is 2.38. The average molecular weight is 623 g/mol. The number of piperidine rings is 1. The fourth-order valence-corrected chi connectivity index (χ4v) is 8.92. The van der Waals surface area contributed by atoms with Gasteiger partial charge >= 0.3 is 0 Å². The fraction of sp³-hybridized carbons (Fsp3) is 0.607. The molecule has 1 aromatic carbocycles. The van der Waals surface area contributed by atoms with Gasteiger partial charge in [-0.1, -0.05) is 6.07 Å². The molecule has 2 aromatic rings. The van der Waals surface area contributed by atoms with E-state index in [2.05, 4.69) is 10.3 Å². The minimum Gasteiger partial charge on any atom is -0.491 e. The first-order valence-corrected chi connectivity index (χ1v) is 17.4.